The van der Waals surface area contributed by atoms with Crippen LogP contribution in [0.2, 0.25) is 4.34 Å². The molecule has 0 atom stereocenters. The van der Waals surface area contributed by atoms with Gasteiger partial charge >= 0.3 is 0 Å². The molecule has 0 aliphatic carbocycles. The molecule has 1 N–H and O–H groups in total. The quantitative estimate of drug-likeness (QED) is 0.618. The van der Waals surface area contributed by atoms with E-state index in [1.165, 1.54) is 16.2 Å². The summed E-state index contributed by atoms with van der Waals surface area (Å²) in [6.45, 7) is 4.43. The molecule has 5 heteroatoms. The zero-order chi connectivity index (χ0) is 12.8. The third kappa shape index (κ3) is 3.77. The summed E-state index contributed by atoms with van der Waals surface area (Å²) in [6.07, 6.45) is 3.59. The van der Waals surface area contributed by atoms with Gasteiger partial charge in [0.1, 0.15) is 9.34 Å². The molecule has 0 aliphatic heterocycles. The average Bonchev–Trinajstić information content (AvgIpc) is 2.81. The SMILES string of the molecule is C=CCSc1ccccc1NCc1ncc(Cl)s1. The van der Waals surface area contributed by atoms with Crippen LogP contribution in [0, 0.1) is 0 Å². The van der Waals surface area contributed by atoms with E-state index < -0.39 is 0 Å². The van der Waals surface area contributed by atoms with Crippen LogP contribution in [-0.2, 0) is 6.54 Å². The number of para-hydroxylation sites is 1. The Morgan fingerprint density at radius 2 is 2.28 bits per heavy atom. The van der Waals surface area contributed by atoms with Crippen molar-refractivity contribution in [2.24, 2.45) is 0 Å². The van der Waals surface area contributed by atoms with Gasteiger partial charge in [0, 0.05) is 16.3 Å². The highest BCUT2D eigenvalue weighted by molar-refractivity contribution is 7.99. The predicted octanol–water partition coefficient (Wildman–Crippen LogP) is 4.69. The van der Waals surface area contributed by atoms with Crippen molar-refractivity contribution in [1.82, 2.24) is 4.98 Å². The van der Waals surface area contributed by atoms with E-state index in [2.05, 4.69) is 29.0 Å². The van der Waals surface area contributed by atoms with Gasteiger partial charge in [0.05, 0.1) is 12.7 Å². The van der Waals surface area contributed by atoms with Crippen LogP contribution in [0.5, 0.6) is 0 Å². The fourth-order valence-corrected chi connectivity index (χ4v) is 3.09. The molecule has 2 rings (SSSR count). The van der Waals surface area contributed by atoms with Gasteiger partial charge in [-0.25, -0.2) is 4.98 Å². The first-order valence-electron chi connectivity index (χ1n) is 5.46. The number of nitrogens with zero attached hydrogens (tertiary/aromatic N) is 1. The van der Waals surface area contributed by atoms with E-state index in [1.54, 1.807) is 18.0 Å². The third-order valence-corrected chi connectivity index (χ3v) is 4.38. The van der Waals surface area contributed by atoms with Crippen LogP contribution < -0.4 is 5.32 Å². The average molecular weight is 297 g/mol. The Hall–Kier alpha value is -0.970. The molecule has 1 aromatic carbocycles. The molecule has 0 aliphatic rings. The highest BCUT2D eigenvalue weighted by Gasteiger charge is 2.03. The van der Waals surface area contributed by atoms with E-state index in [1.807, 2.05) is 18.2 Å². The number of anilines is 1. The van der Waals surface area contributed by atoms with E-state index in [9.17, 15) is 0 Å². The molecule has 0 unspecified atom stereocenters. The molecule has 1 heterocycles. The van der Waals surface area contributed by atoms with Crippen LogP contribution in [0.4, 0.5) is 5.69 Å². The van der Waals surface area contributed by atoms with Gasteiger partial charge in [-0.3, -0.25) is 0 Å². The lowest BCUT2D eigenvalue weighted by molar-refractivity contribution is 1.09. The Labute approximate surface area is 120 Å². The van der Waals surface area contributed by atoms with Crippen molar-refractivity contribution >= 4 is 40.4 Å². The lowest BCUT2D eigenvalue weighted by Gasteiger charge is -2.09. The van der Waals surface area contributed by atoms with Crippen LogP contribution in [0.1, 0.15) is 5.01 Å². The van der Waals surface area contributed by atoms with Crippen molar-refractivity contribution in [2.75, 3.05) is 11.1 Å². The monoisotopic (exact) mass is 296 g/mol. The summed E-state index contributed by atoms with van der Waals surface area (Å²) in [5.41, 5.74) is 1.12. The first-order chi connectivity index (χ1) is 8.79. The number of nitrogens with one attached hydrogen (secondary N) is 1. The summed E-state index contributed by atoms with van der Waals surface area (Å²) in [6, 6.07) is 8.23. The Bertz CT molecular complexity index is 525. The predicted molar refractivity (Wildman–Crippen MR) is 81.8 cm³/mol. The van der Waals surface area contributed by atoms with Gasteiger partial charge in [-0.1, -0.05) is 29.8 Å². The van der Waals surface area contributed by atoms with E-state index in [-0.39, 0.29) is 0 Å². The van der Waals surface area contributed by atoms with Crippen molar-refractivity contribution in [3.05, 3.63) is 52.5 Å². The molecule has 0 saturated heterocycles. The van der Waals surface area contributed by atoms with Crippen LogP contribution >= 0.6 is 34.7 Å². The highest BCUT2D eigenvalue weighted by atomic mass is 35.5. The van der Waals surface area contributed by atoms with E-state index in [4.69, 9.17) is 11.6 Å². The van der Waals surface area contributed by atoms with Crippen LogP contribution in [0.3, 0.4) is 0 Å². The van der Waals surface area contributed by atoms with Crippen molar-refractivity contribution < 1.29 is 0 Å². The molecule has 0 bridgehead atoms. The Morgan fingerprint density at radius 1 is 1.44 bits per heavy atom. The minimum absolute atomic E-state index is 0.697. The van der Waals surface area contributed by atoms with Crippen LogP contribution in [-0.4, -0.2) is 10.7 Å². The molecule has 0 spiro atoms. The summed E-state index contributed by atoms with van der Waals surface area (Å²) in [5.74, 6) is 0.905. The molecule has 2 aromatic rings. The molecule has 94 valence electrons. The largest absolute Gasteiger partial charge is 0.378 e. The van der Waals surface area contributed by atoms with Crippen molar-refractivity contribution in [1.29, 1.82) is 0 Å². The molecular weight excluding hydrogens is 284 g/mol. The van der Waals surface area contributed by atoms with Gasteiger partial charge in [0.2, 0.25) is 0 Å². The number of thiazole rings is 1. The molecule has 0 radical (unpaired) electrons. The number of aromatic nitrogens is 1. The zero-order valence-electron chi connectivity index (χ0n) is 9.73. The molecule has 2 nitrogen and oxygen atoms in total. The lowest BCUT2D eigenvalue weighted by atomic mass is 10.3. The second-order valence-corrected chi connectivity index (χ2v) is 6.32. The van der Waals surface area contributed by atoms with E-state index in [0.717, 1.165) is 20.8 Å². The zero-order valence-corrected chi connectivity index (χ0v) is 12.1. The highest BCUT2D eigenvalue weighted by Crippen LogP contribution is 2.28. The number of hydrogen-bond donors (Lipinski definition) is 1. The summed E-state index contributed by atoms with van der Waals surface area (Å²) >= 11 is 9.12. The number of rotatable bonds is 6. The maximum absolute atomic E-state index is 5.85. The van der Waals surface area contributed by atoms with Crippen LogP contribution in [0.25, 0.3) is 0 Å². The maximum atomic E-state index is 5.85. The number of hydrogen-bond acceptors (Lipinski definition) is 4. The topological polar surface area (TPSA) is 24.9 Å². The standard InChI is InChI=1S/C13H13ClN2S2/c1-2-7-17-11-6-4-3-5-10(11)15-9-13-16-8-12(14)18-13/h2-6,8,15H,1,7,9H2. The Kier molecular flexibility index (Phi) is 5.11. The van der Waals surface area contributed by atoms with Gasteiger partial charge in [-0.05, 0) is 12.1 Å². The fraction of sp³-hybridized carbons (Fsp3) is 0.154. The normalized spacial score (nSPS) is 10.3. The summed E-state index contributed by atoms with van der Waals surface area (Å²) in [5, 5.41) is 4.38. The van der Waals surface area contributed by atoms with Gasteiger partial charge in [0.15, 0.2) is 0 Å². The summed E-state index contributed by atoms with van der Waals surface area (Å²) < 4.78 is 0.723. The number of halogens is 1. The number of benzene rings is 1. The first kappa shape index (κ1) is 13.5. The van der Waals surface area contributed by atoms with Gasteiger partial charge in [-0.2, -0.15) is 0 Å². The van der Waals surface area contributed by atoms with Crippen molar-refractivity contribution in [3.8, 4) is 0 Å². The van der Waals surface area contributed by atoms with Gasteiger partial charge in [-0.15, -0.1) is 29.7 Å². The second-order valence-electron chi connectivity index (χ2n) is 3.51. The van der Waals surface area contributed by atoms with E-state index >= 15 is 0 Å². The molecule has 0 fully saturated rings. The molecule has 1 aromatic heterocycles. The fourth-order valence-electron chi connectivity index (χ4n) is 1.43. The van der Waals surface area contributed by atoms with Crippen molar-refractivity contribution in [3.63, 3.8) is 0 Å². The Balaban J connectivity index is 2.01. The third-order valence-electron chi connectivity index (χ3n) is 2.20. The maximum Gasteiger partial charge on any atom is 0.113 e. The first-order valence-corrected chi connectivity index (χ1v) is 7.64. The minimum atomic E-state index is 0.697. The lowest BCUT2D eigenvalue weighted by Crippen LogP contribution is -1.99. The molecule has 0 saturated carbocycles. The van der Waals surface area contributed by atoms with Crippen LogP contribution in [0.15, 0.2) is 48.0 Å². The van der Waals surface area contributed by atoms with Gasteiger partial charge in [0.25, 0.3) is 0 Å². The number of thioether (sulfide) groups is 1. The van der Waals surface area contributed by atoms with E-state index in [0.29, 0.717) is 6.54 Å². The molecular formula is C13H13ClN2S2. The molecule has 0 amide bonds. The van der Waals surface area contributed by atoms with Crippen molar-refractivity contribution in [2.45, 2.75) is 11.4 Å². The summed E-state index contributed by atoms with van der Waals surface area (Å²) in [4.78, 5) is 5.45. The second kappa shape index (κ2) is 6.83. The minimum Gasteiger partial charge on any atom is -0.378 e. The molecule has 18 heavy (non-hydrogen) atoms. The Morgan fingerprint density at radius 3 is 3.00 bits per heavy atom. The smallest absolute Gasteiger partial charge is 0.113 e. The summed E-state index contributed by atoms with van der Waals surface area (Å²) in [7, 11) is 0. The van der Waals surface area contributed by atoms with Gasteiger partial charge < -0.3 is 5.32 Å².